The van der Waals surface area contributed by atoms with Gasteiger partial charge in [-0.1, -0.05) is 24.3 Å². The summed E-state index contributed by atoms with van der Waals surface area (Å²) in [5, 5.41) is 0. The van der Waals surface area contributed by atoms with E-state index in [4.69, 9.17) is 0 Å². The second-order valence-electron chi connectivity index (χ2n) is 2.57. The van der Waals surface area contributed by atoms with Crippen LogP contribution in [0.3, 0.4) is 0 Å². The lowest BCUT2D eigenvalue weighted by molar-refractivity contribution is 0.803. The quantitative estimate of drug-likeness (QED) is 0.514. The van der Waals surface area contributed by atoms with Gasteiger partial charge in [0.25, 0.3) is 0 Å². The monoisotopic (exact) mass is 165 g/mol. The lowest BCUT2D eigenvalue weighted by Gasteiger charge is -1.97. The van der Waals surface area contributed by atoms with E-state index in [1.54, 1.807) is 0 Å². The average molecular weight is 165 g/mol. The van der Waals surface area contributed by atoms with Gasteiger partial charge in [-0.05, 0) is 36.6 Å². The van der Waals surface area contributed by atoms with E-state index in [1.807, 2.05) is 12.1 Å². The van der Waals surface area contributed by atoms with E-state index in [0.29, 0.717) is 0 Å². The van der Waals surface area contributed by atoms with E-state index in [2.05, 4.69) is 30.8 Å². The second kappa shape index (κ2) is 5.25. The molecule has 0 spiro atoms. The molecule has 0 saturated heterocycles. The number of hydrogen-bond acceptors (Lipinski definition) is 1. The van der Waals surface area contributed by atoms with E-state index in [1.165, 1.54) is 18.4 Å². The molecule has 0 N–H and O–H groups in total. The first-order valence-corrected chi connectivity index (χ1v) is 4.63. The van der Waals surface area contributed by atoms with Gasteiger partial charge >= 0.3 is 0 Å². The average Bonchev–Trinajstić information content (AvgIpc) is 2.07. The molecule has 1 radical (unpaired) electrons. The van der Waals surface area contributed by atoms with Crippen LogP contribution in [0.5, 0.6) is 0 Å². The molecule has 0 bridgehead atoms. The molecular formula is C10H13S. The zero-order chi connectivity index (χ0) is 7.94. The van der Waals surface area contributed by atoms with Gasteiger partial charge in [0.05, 0.1) is 0 Å². The Morgan fingerprint density at radius 1 is 1.27 bits per heavy atom. The fourth-order valence-corrected chi connectivity index (χ4v) is 1.24. The number of hydrogen-bond donors (Lipinski definition) is 1. The summed E-state index contributed by atoms with van der Waals surface area (Å²) in [4.78, 5) is 0. The van der Waals surface area contributed by atoms with Crippen LogP contribution in [0.25, 0.3) is 0 Å². The molecular weight excluding hydrogens is 152 g/mol. The van der Waals surface area contributed by atoms with Crippen LogP contribution in [0.4, 0.5) is 0 Å². The Kier molecular flexibility index (Phi) is 4.14. The molecule has 0 atom stereocenters. The van der Waals surface area contributed by atoms with Crippen LogP contribution in [0.1, 0.15) is 18.4 Å². The predicted octanol–water partition coefficient (Wildman–Crippen LogP) is 2.74. The van der Waals surface area contributed by atoms with Gasteiger partial charge in [0, 0.05) is 0 Å². The molecule has 11 heavy (non-hydrogen) atoms. The molecule has 1 aromatic rings. The molecule has 59 valence electrons. The maximum absolute atomic E-state index is 4.16. The minimum atomic E-state index is 0.993. The maximum atomic E-state index is 4.16. The minimum absolute atomic E-state index is 0.993. The highest BCUT2D eigenvalue weighted by atomic mass is 32.1. The highest BCUT2D eigenvalue weighted by Crippen LogP contribution is 2.03. The summed E-state index contributed by atoms with van der Waals surface area (Å²) >= 11 is 4.16. The molecule has 0 saturated carbocycles. The molecule has 0 nitrogen and oxygen atoms in total. The first-order valence-electron chi connectivity index (χ1n) is 4.00. The minimum Gasteiger partial charge on any atom is -0.179 e. The predicted molar refractivity (Wildman–Crippen MR) is 52.1 cm³/mol. The summed E-state index contributed by atoms with van der Waals surface area (Å²) < 4.78 is 0. The molecule has 0 fully saturated rings. The Labute approximate surface area is 74.0 Å². The molecule has 0 amide bonds. The molecule has 0 aliphatic carbocycles. The molecule has 1 aromatic carbocycles. The summed E-state index contributed by atoms with van der Waals surface area (Å²) in [6.07, 6.45) is 3.57. The number of unbranched alkanes of at least 4 members (excludes halogenated alkanes) is 1. The fraction of sp³-hybridized carbons (Fsp3) is 0.400. The Bertz CT molecular complexity index is 181. The molecule has 0 aliphatic rings. The molecule has 1 heteroatoms. The van der Waals surface area contributed by atoms with E-state index in [-0.39, 0.29) is 0 Å². The largest absolute Gasteiger partial charge is 0.179 e. The molecule has 0 aliphatic heterocycles. The molecule has 1 rings (SSSR count). The van der Waals surface area contributed by atoms with Crippen molar-refractivity contribution in [1.82, 2.24) is 0 Å². The highest BCUT2D eigenvalue weighted by Gasteiger charge is 1.90. The summed E-state index contributed by atoms with van der Waals surface area (Å²) in [6, 6.07) is 11.4. The fourth-order valence-electron chi connectivity index (χ4n) is 1.01. The van der Waals surface area contributed by atoms with Gasteiger partial charge in [-0.2, -0.15) is 12.6 Å². The van der Waals surface area contributed by atoms with Gasteiger partial charge in [-0.3, -0.25) is 0 Å². The molecule has 0 unspecified atom stereocenters. The number of rotatable bonds is 4. The SMILES string of the molecule is SCCCCc1[c]cccc1. The standard InChI is InChI=1S/C10H13S/c11-9-5-4-8-10-6-2-1-3-7-10/h1-3,6,11H,4-5,8-9H2. The highest BCUT2D eigenvalue weighted by molar-refractivity contribution is 7.80. The van der Waals surface area contributed by atoms with Crippen molar-refractivity contribution in [2.24, 2.45) is 0 Å². The van der Waals surface area contributed by atoms with Crippen LogP contribution in [-0.2, 0) is 6.42 Å². The lowest BCUT2D eigenvalue weighted by Crippen LogP contribution is -1.85. The smallest absolute Gasteiger partial charge is 0.00978 e. The van der Waals surface area contributed by atoms with E-state index in [0.717, 1.165) is 12.2 Å². The van der Waals surface area contributed by atoms with Crippen molar-refractivity contribution in [2.45, 2.75) is 19.3 Å². The van der Waals surface area contributed by atoms with Crippen molar-refractivity contribution in [3.63, 3.8) is 0 Å². The Morgan fingerprint density at radius 3 is 2.82 bits per heavy atom. The van der Waals surface area contributed by atoms with Crippen LogP contribution >= 0.6 is 12.6 Å². The third kappa shape index (κ3) is 3.47. The van der Waals surface area contributed by atoms with Crippen LogP contribution in [0.2, 0.25) is 0 Å². The van der Waals surface area contributed by atoms with E-state index >= 15 is 0 Å². The van der Waals surface area contributed by atoms with Gasteiger partial charge in [0.1, 0.15) is 0 Å². The van der Waals surface area contributed by atoms with Crippen LogP contribution in [0, 0.1) is 6.07 Å². The van der Waals surface area contributed by atoms with Crippen molar-refractivity contribution in [3.8, 4) is 0 Å². The molecule has 0 aromatic heterocycles. The van der Waals surface area contributed by atoms with Crippen molar-refractivity contribution >= 4 is 12.6 Å². The Morgan fingerprint density at radius 2 is 2.18 bits per heavy atom. The van der Waals surface area contributed by atoms with Gasteiger partial charge in [-0.15, -0.1) is 0 Å². The third-order valence-corrected chi connectivity index (χ3v) is 1.94. The van der Waals surface area contributed by atoms with Crippen LogP contribution < -0.4 is 0 Å². The maximum Gasteiger partial charge on any atom is -0.00978 e. The first kappa shape index (κ1) is 8.66. The topological polar surface area (TPSA) is 0 Å². The second-order valence-corrected chi connectivity index (χ2v) is 3.02. The Balaban J connectivity index is 2.28. The van der Waals surface area contributed by atoms with Gasteiger partial charge in [-0.25, -0.2) is 0 Å². The first-order chi connectivity index (χ1) is 5.43. The summed E-state index contributed by atoms with van der Waals surface area (Å²) in [7, 11) is 0. The van der Waals surface area contributed by atoms with Crippen molar-refractivity contribution < 1.29 is 0 Å². The summed E-state index contributed by atoms with van der Waals surface area (Å²) in [5.74, 6) is 0.993. The molecule has 0 heterocycles. The normalized spacial score (nSPS) is 9.91. The third-order valence-electron chi connectivity index (χ3n) is 1.63. The van der Waals surface area contributed by atoms with Crippen molar-refractivity contribution in [1.29, 1.82) is 0 Å². The van der Waals surface area contributed by atoms with Crippen LogP contribution in [0.15, 0.2) is 24.3 Å². The summed E-state index contributed by atoms with van der Waals surface area (Å²) in [6.45, 7) is 0. The van der Waals surface area contributed by atoms with Gasteiger partial charge in [0.2, 0.25) is 0 Å². The van der Waals surface area contributed by atoms with Crippen molar-refractivity contribution in [2.75, 3.05) is 5.75 Å². The summed E-state index contributed by atoms with van der Waals surface area (Å²) in [5.41, 5.74) is 1.31. The zero-order valence-corrected chi connectivity index (χ0v) is 7.48. The number of benzene rings is 1. The van der Waals surface area contributed by atoms with E-state index < -0.39 is 0 Å². The van der Waals surface area contributed by atoms with E-state index in [9.17, 15) is 0 Å². The van der Waals surface area contributed by atoms with Crippen molar-refractivity contribution in [3.05, 3.63) is 35.9 Å². The van der Waals surface area contributed by atoms with Gasteiger partial charge in [0.15, 0.2) is 0 Å². The van der Waals surface area contributed by atoms with Gasteiger partial charge < -0.3 is 0 Å². The Hall–Kier alpha value is -0.430. The number of thiol groups is 1. The van der Waals surface area contributed by atoms with Crippen LogP contribution in [-0.4, -0.2) is 5.75 Å². The number of aryl methyl sites for hydroxylation is 1. The zero-order valence-electron chi connectivity index (χ0n) is 6.59. The lowest BCUT2D eigenvalue weighted by atomic mass is 10.1.